The van der Waals surface area contributed by atoms with E-state index in [4.69, 9.17) is 9.84 Å². The minimum atomic E-state index is 0.307. The van der Waals surface area contributed by atoms with Crippen LogP contribution in [0.5, 0.6) is 0 Å². The Morgan fingerprint density at radius 3 is 2.92 bits per heavy atom. The van der Waals surface area contributed by atoms with E-state index in [1.54, 1.807) is 0 Å². The van der Waals surface area contributed by atoms with Gasteiger partial charge in [0.15, 0.2) is 0 Å². The summed E-state index contributed by atoms with van der Waals surface area (Å²) in [7, 11) is 0. The van der Waals surface area contributed by atoms with Crippen LogP contribution in [0.3, 0.4) is 0 Å². The molecule has 1 aliphatic heterocycles. The first-order chi connectivity index (χ1) is 6.43. The van der Waals surface area contributed by atoms with E-state index in [0.717, 1.165) is 32.5 Å². The van der Waals surface area contributed by atoms with E-state index < -0.39 is 0 Å². The molecule has 1 fully saturated rings. The van der Waals surface area contributed by atoms with Crippen molar-refractivity contribution in [1.82, 2.24) is 5.32 Å². The number of rotatable bonds is 6. The molecule has 3 nitrogen and oxygen atoms in total. The van der Waals surface area contributed by atoms with Crippen LogP contribution in [-0.4, -0.2) is 37.5 Å². The lowest BCUT2D eigenvalue weighted by molar-refractivity contribution is 0.0170. The van der Waals surface area contributed by atoms with Gasteiger partial charge in [-0.3, -0.25) is 0 Å². The first-order valence-electron chi connectivity index (χ1n) is 5.36. The van der Waals surface area contributed by atoms with Crippen LogP contribution in [-0.2, 0) is 4.74 Å². The summed E-state index contributed by atoms with van der Waals surface area (Å²) in [5.41, 5.74) is 0. The van der Waals surface area contributed by atoms with Crippen LogP contribution < -0.4 is 5.32 Å². The van der Waals surface area contributed by atoms with Gasteiger partial charge in [-0.25, -0.2) is 0 Å². The first kappa shape index (κ1) is 11.0. The van der Waals surface area contributed by atoms with Crippen LogP contribution in [0.25, 0.3) is 0 Å². The highest BCUT2D eigenvalue weighted by atomic mass is 16.5. The third-order valence-corrected chi connectivity index (χ3v) is 2.41. The summed E-state index contributed by atoms with van der Waals surface area (Å²) in [5, 5.41) is 11.9. The fourth-order valence-corrected chi connectivity index (χ4v) is 1.59. The Balaban J connectivity index is 1.86. The fraction of sp³-hybridized carbons (Fsp3) is 1.00. The fourth-order valence-electron chi connectivity index (χ4n) is 1.59. The van der Waals surface area contributed by atoms with Crippen LogP contribution in [0.1, 0.15) is 32.1 Å². The number of hydrogen-bond acceptors (Lipinski definition) is 3. The zero-order valence-electron chi connectivity index (χ0n) is 8.30. The van der Waals surface area contributed by atoms with Crippen LogP contribution in [0.2, 0.25) is 0 Å². The molecule has 0 amide bonds. The Hall–Kier alpha value is -0.120. The zero-order valence-corrected chi connectivity index (χ0v) is 8.30. The molecule has 13 heavy (non-hydrogen) atoms. The predicted octanol–water partition coefficient (Wildman–Crippen LogP) is 0.918. The van der Waals surface area contributed by atoms with Gasteiger partial charge in [-0.05, 0) is 38.6 Å². The molecule has 1 saturated heterocycles. The predicted molar refractivity (Wildman–Crippen MR) is 52.8 cm³/mol. The average molecular weight is 187 g/mol. The Labute approximate surface area is 80.5 Å². The first-order valence-corrected chi connectivity index (χ1v) is 5.36. The summed E-state index contributed by atoms with van der Waals surface area (Å²) in [6.07, 6.45) is 6.13. The molecule has 78 valence electrons. The van der Waals surface area contributed by atoms with Crippen LogP contribution in [0, 0.1) is 0 Å². The Morgan fingerprint density at radius 2 is 2.23 bits per heavy atom. The van der Waals surface area contributed by atoms with Gasteiger partial charge in [0, 0.05) is 19.8 Å². The monoisotopic (exact) mass is 187 g/mol. The quantitative estimate of drug-likeness (QED) is 0.607. The van der Waals surface area contributed by atoms with E-state index in [1.165, 1.54) is 19.3 Å². The number of hydrogen-bond donors (Lipinski definition) is 2. The number of unbranched alkanes of at least 4 members (excludes halogenated alkanes) is 1. The lowest BCUT2D eigenvalue weighted by Crippen LogP contribution is -2.32. The maximum Gasteiger partial charge on any atom is 0.0699 e. The molecule has 1 unspecified atom stereocenters. The van der Waals surface area contributed by atoms with Gasteiger partial charge < -0.3 is 15.2 Å². The van der Waals surface area contributed by atoms with Crippen molar-refractivity contribution < 1.29 is 9.84 Å². The van der Waals surface area contributed by atoms with Crippen molar-refractivity contribution in [2.75, 3.05) is 26.3 Å². The zero-order chi connectivity index (χ0) is 9.36. The molecular weight excluding hydrogens is 166 g/mol. The van der Waals surface area contributed by atoms with E-state index in [1.807, 2.05) is 0 Å². The van der Waals surface area contributed by atoms with Gasteiger partial charge in [0.1, 0.15) is 0 Å². The molecule has 1 rings (SSSR count). The molecule has 1 heterocycles. The Kier molecular flexibility index (Phi) is 6.15. The number of aliphatic hydroxyl groups is 1. The van der Waals surface area contributed by atoms with Crippen molar-refractivity contribution in [2.45, 2.75) is 38.2 Å². The number of aliphatic hydroxyl groups excluding tert-OH is 1. The van der Waals surface area contributed by atoms with Crippen molar-refractivity contribution in [3.63, 3.8) is 0 Å². The average Bonchev–Trinajstić information content (AvgIpc) is 2.19. The second-order valence-corrected chi connectivity index (χ2v) is 3.62. The molecule has 0 spiro atoms. The largest absolute Gasteiger partial charge is 0.396 e. The second kappa shape index (κ2) is 7.30. The van der Waals surface area contributed by atoms with Crippen molar-refractivity contribution >= 4 is 0 Å². The van der Waals surface area contributed by atoms with Crippen molar-refractivity contribution in [1.29, 1.82) is 0 Å². The summed E-state index contributed by atoms with van der Waals surface area (Å²) >= 11 is 0. The third kappa shape index (κ3) is 5.24. The highest BCUT2D eigenvalue weighted by Gasteiger charge is 2.12. The molecule has 0 radical (unpaired) electrons. The topological polar surface area (TPSA) is 41.5 Å². The normalized spacial score (nSPS) is 23.3. The summed E-state index contributed by atoms with van der Waals surface area (Å²) in [5.74, 6) is 0. The smallest absolute Gasteiger partial charge is 0.0699 e. The summed E-state index contributed by atoms with van der Waals surface area (Å²) in [6.45, 7) is 3.22. The van der Waals surface area contributed by atoms with Gasteiger partial charge in [-0.1, -0.05) is 0 Å². The lowest BCUT2D eigenvalue weighted by Gasteiger charge is -2.22. The van der Waals surface area contributed by atoms with E-state index in [-0.39, 0.29) is 0 Å². The highest BCUT2D eigenvalue weighted by Crippen LogP contribution is 2.11. The summed E-state index contributed by atoms with van der Waals surface area (Å²) in [4.78, 5) is 0. The van der Waals surface area contributed by atoms with Gasteiger partial charge in [0.2, 0.25) is 0 Å². The van der Waals surface area contributed by atoms with E-state index in [0.29, 0.717) is 12.7 Å². The Morgan fingerprint density at radius 1 is 1.31 bits per heavy atom. The number of nitrogens with one attached hydrogen (secondary N) is 1. The second-order valence-electron chi connectivity index (χ2n) is 3.62. The van der Waals surface area contributed by atoms with Crippen molar-refractivity contribution in [3.8, 4) is 0 Å². The molecule has 1 atom stereocenters. The maximum atomic E-state index is 8.56. The van der Waals surface area contributed by atoms with Gasteiger partial charge in [0.25, 0.3) is 0 Å². The molecule has 2 N–H and O–H groups in total. The van der Waals surface area contributed by atoms with Crippen molar-refractivity contribution in [2.24, 2.45) is 0 Å². The SMILES string of the molecule is OCCCCNCC1CCCCO1. The Bertz CT molecular complexity index is 113. The molecule has 0 aromatic heterocycles. The van der Waals surface area contributed by atoms with Crippen LogP contribution in [0.15, 0.2) is 0 Å². The minimum absolute atomic E-state index is 0.307. The van der Waals surface area contributed by atoms with Crippen molar-refractivity contribution in [3.05, 3.63) is 0 Å². The lowest BCUT2D eigenvalue weighted by atomic mass is 10.1. The van der Waals surface area contributed by atoms with E-state index >= 15 is 0 Å². The molecular formula is C10H21NO2. The van der Waals surface area contributed by atoms with Gasteiger partial charge in [-0.15, -0.1) is 0 Å². The molecule has 0 aliphatic carbocycles. The van der Waals surface area contributed by atoms with Crippen LogP contribution >= 0.6 is 0 Å². The van der Waals surface area contributed by atoms with Gasteiger partial charge in [-0.2, -0.15) is 0 Å². The van der Waals surface area contributed by atoms with E-state index in [9.17, 15) is 0 Å². The minimum Gasteiger partial charge on any atom is -0.396 e. The third-order valence-electron chi connectivity index (χ3n) is 2.41. The number of ether oxygens (including phenoxy) is 1. The van der Waals surface area contributed by atoms with Gasteiger partial charge >= 0.3 is 0 Å². The standard InChI is InChI=1S/C10H21NO2/c12-7-3-2-6-11-9-10-5-1-4-8-13-10/h10-12H,1-9H2. The molecule has 0 bridgehead atoms. The highest BCUT2D eigenvalue weighted by molar-refractivity contribution is 4.65. The van der Waals surface area contributed by atoms with E-state index in [2.05, 4.69) is 5.32 Å². The van der Waals surface area contributed by atoms with Gasteiger partial charge in [0.05, 0.1) is 6.10 Å². The molecule has 0 aromatic rings. The molecule has 3 heteroatoms. The molecule has 0 aromatic carbocycles. The van der Waals surface area contributed by atoms with Crippen LogP contribution in [0.4, 0.5) is 0 Å². The summed E-state index contributed by atoms with van der Waals surface area (Å²) in [6, 6.07) is 0. The maximum absolute atomic E-state index is 8.56. The molecule has 0 saturated carbocycles. The molecule has 1 aliphatic rings. The summed E-state index contributed by atoms with van der Waals surface area (Å²) < 4.78 is 5.57.